The fraction of sp³-hybridized carbons (Fsp3) is 1.00. The van der Waals surface area contributed by atoms with Crippen molar-refractivity contribution in [2.45, 2.75) is 32.7 Å². The molecule has 10 heteroatoms. The third kappa shape index (κ3) is 5.67. The Morgan fingerprint density at radius 2 is 0.533 bits per heavy atom. The molecule has 0 aromatic carbocycles. The smallest absolute Gasteiger partial charge is 0.362 e. The van der Waals surface area contributed by atoms with Gasteiger partial charge in [-0.1, -0.05) is 0 Å². The van der Waals surface area contributed by atoms with Crippen molar-refractivity contribution < 1.29 is 20.6 Å². The Kier molecular flexibility index (Phi) is 6.12. The summed E-state index contributed by atoms with van der Waals surface area (Å²) in [5, 5.41) is 0. The molecule has 85 valence electrons. The van der Waals surface area contributed by atoms with Gasteiger partial charge in [0.05, 0.1) is 0 Å². The maximum atomic E-state index is 5.66. The first kappa shape index (κ1) is 13.9. The highest BCUT2D eigenvalue weighted by Gasteiger charge is 2.29. The van der Waals surface area contributed by atoms with Gasteiger partial charge >= 0.3 is 46.4 Å². The summed E-state index contributed by atoms with van der Waals surface area (Å²) in [4.78, 5) is 0. The van der Waals surface area contributed by atoms with Crippen LogP contribution in [0.25, 0.3) is 0 Å². The van der Waals surface area contributed by atoms with Gasteiger partial charge in [0.1, 0.15) is 0 Å². The zero-order valence-corrected chi connectivity index (χ0v) is 14.5. The quantitative estimate of drug-likeness (QED) is 0.615. The second-order valence-corrected chi connectivity index (χ2v) is 12.0. The Morgan fingerprint density at radius 3 is 0.667 bits per heavy atom. The Balaban J connectivity index is 2.55. The molecule has 0 unspecified atom stereocenters. The minimum absolute atomic E-state index is 1.22. The molecule has 0 aliphatic carbocycles. The van der Waals surface area contributed by atoms with E-state index in [1.54, 1.807) is 0 Å². The van der Waals surface area contributed by atoms with Crippen molar-refractivity contribution in [2.75, 3.05) is 0 Å². The van der Waals surface area contributed by atoms with E-state index in [9.17, 15) is 0 Å². The van der Waals surface area contributed by atoms with Crippen molar-refractivity contribution in [3.05, 3.63) is 0 Å². The first-order chi connectivity index (χ1) is 6.97. The predicted molar refractivity (Wildman–Crippen MR) is 63.5 cm³/mol. The van der Waals surface area contributed by atoms with Crippen LogP contribution in [-0.4, -0.2) is 46.4 Å². The molecule has 1 aliphatic heterocycles. The van der Waals surface area contributed by atoms with Gasteiger partial charge in [-0.25, -0.2) is 0 Å². The van der Waals surface area contributed by atoms with Gasteiger partial charge in [-0.05, 0) is 32.7 Å². The van der Waals surface area contributed by atoms with E-state index >= 15 is 0 Å². The van der Waals surface area contributed by atoms with Gasteiger partial charge in [-0.15, -0.1) is 0 Å². The van der Waals surface area contributed by atoms with Gasteiger partial charge in [0, 0.05) is 0 Å². The number of hydrogen-bond donors (Lipinski definition) is 0. The largest absolute Gasteiger partial charge is 0.414 e. The van der Waals surface area contributed by atoms with E-state index in [4.69, 9.17) is 20.6 Å². The molecule has 0 aromatic heterocycles. The zero-order chi connectivity index (χ0) is 11.4. The van der Waals surface area contributed by atoms with Crippen molar-refractivity contribution >= 4 is 46.4 Å². The fourth-order valence-corrected chi connectivity index (χ4v) is 11.9. The molecule has 1 saturated heterocycles. The third-order valence-corrected chi connectivity index (χ3v) is 12.9. The molecule has 5 nitrogen and oxygen atoms in total. The monoisotopic (exact) mass is 295 g/mol. The molecule has 1 aliphatic rings. The normalized spacial score (nSPS) is 27.0. The number of rotatable bonds is 0. The lowest BCUT2D eigenvalue weighted by Crippen LogP contribution is -2.44. The minimum Gasteiger partial charge on any atom is -0.414 e. The van der Waals surface area contributed by atoms with Crippen LogP contribution in [0.15, 0.2) is 0 Å². The third-order valence-electron chi connectivity index (χ3n) is 1.44. The highest BCUT2D eigenvalue weighted by atomic mass is 28.5. The molecule has 0 aromatic rings. The summed E-state index contributed by atoms with van der Waals surface area (Å²) in [6.07, 6.45) is 0. The van der Waals surface area contributed by atoms with Crippen LogP contribution >= 0.6 is 0 Å². The average Bonchev–Trinajstić information content (AvgIpc) is 1.98. The Labute approximate surface area is 99.9 Å². The molecule has 0 saturated carbocycles. The lowest BCUT2D eigenvalue weighted by molar-refractivity contribution is 0.295. The van der Waals surface area contributed by atoms with E-state index in [0.29, 0.717) is 0 Å². The molecular weight excluding hydrogens is 280 g/mol. The Morgan fingerprint density at radius 1 is 0.400 bits per heavy atom. The second-order valence-electron chi connectivity index (χ2n) is 2.97. The van der Waals surface area contributed by atoms with Crippen LogP contribution in [0.2, 0.25) is 32.7 Å². The summed E-state index contributed by atoms with van der Waals surface area (Å²) in [5.41, 5.74) is 0. The van der Waals surface area contributed by atoms with E-state index in [1.165, 1.54) is 0 Å². The van der Waals surface area contributed by atoms with Crippen LogP contribution in [0.5, 0.6) is 0 Å². The summed E-state index contributed by atoms with van der Waals surface area (Å²) in [5.74, 6) is 0. The van der Waals surface area contributed by atoms with Gasteiger partial charge in [0.2, 0.25) is 0 Å². The molecule has 1 heterocycles. The van der Waals surface area contributed by atoms with Gasteiger partial charge in [0.25, 0.3) is 0 Å². The standard InChI is InChI=1S/C5H15O5Si5/c1-11-6-12(2)8-14(4)10-15(5)9-13(3)7-11/h1-5H3. The molecule has 0 amide bonds. The lowest BCUT2D eigenvalue weighted by Gasteiger charge is -2.25. The molecule has 0 bridgehead atoms. The highest BCUT2D eigenvalue weighted by molar-refractivity contribution is 6.72. The molecule has 0 atom stereocenters. The summed E-state index contributed by atoms with van der Waals surface area (Å²) in [7, 11) is -6.08. The van der Waals surface area contributed by atoms with E-state index in [0.717, 1.165) is 0 Å². The summed E-state index contributed by atoms with van der Waals surface area (Å²) in [6.45, 7) is 9.89. The van der Waals surface area contributed by atoms with Crippen LogP contribution < -0.4 is 0 Å². The first-order valence-corrected chi connectivity index (χ1v) is 13.6. The summed E-state index contributed by atoms with van der Waals surface area (Å²) < 4.78 is 28.3. The van der Waals surface area contributed by atoms with Crippen molar-refractivity contribution in [3.63, 3.8) is 0 Å². The highest BCUT2D eigenvalue weighted by Crippen LogP contribution is 2.06. The van der Waals surface area contributed by atoms with Crippen LogP contribution in [0, 0.1) is 0 Å². The molecule has 0 spiro atoms. The molecule has 0 N–H and O–H groups in total. The van der Waals surface area contributed by atoms with Crippen LogP contribution in [-0.2, 0) is 20.6 Å². The lowest BCUT2D eigenvalue weighted by atomic mass is 11.9. The maximum absolute atomic E-state index is 5.66. The van der Waals surface area contributed by atoms with Crippen LogP contribution in [0.4, 0.5) is 0 Å². The van der Waals surface area contributed by atoms with Crippen molar-refractivity contribution in [2.24, 2.45) is 0 Å². The topological polar surface area (TPSA) is 46.2 Å². The first-order valence-electron chi connectivity index (χ1n) is 4.54. The van der Waals surface area contributed by atoms with Crippen LogP contribution in [0.3, 0.4) is 0 Å². The fourth-order valence-electron chi connectivity index (χ4n) is 1.12. The summed E-state index contributed by atoms with van der Waals surface area (Å²) >= 11 is 0. The van der Waals surface area contributed by atoms with E-state index in [1.807, 2.05) is 32.7 Å². The molecule has 5 radical (unpaired) electrons. The molecular formula is C5H15O5Si5. The second kappa shape index (κ2) is 6.58. The summed E-state index contributed by atoms with van der Waals surface area (Å²) in [6, 6.07) is 0. The number of hydrogen-bond acceptors (Lipinski definition) is 5. The molecule has 1 rings (SSSR count). The average molecular weight is 296 g/mol. The molecule has 1 fully saturated rings. The predicted octanol–water partition coefficient (Wildman–Crippen LogP) is 0.673. The Bertz CT molecular complexity index is 140. The van der Waals surface area contributed by atoms with Crippen molar-refractivity contribution in [1.29, 1.82) is 0 Å². The van der Waals surface area contributed by atoms with Crippen molar-refractivity contribution in [1.82, 2.24) is 0 Å². The molecule has 15 heavy (non-hydrogen) atoms. The van der Waals surface area contributed by atoms with Gasteiger partial charge in [-0.3, -0.25) is 0 Å². The van der Waals surface area contributed by atoms with E-state index < -0.39 is 46.4 Å². The van der Waals surface area contributed by atoms with Crippen molar-refractivity contribution in [3.8, 4) is 0 Å². The van der Waals surface area contributed by atoms with E-state index in [2.05, 4.69) is 0 Å². The zero-order valence-electron chi connectivity index (χ0n) is 9.54. The van der Waals surface area contributed by atoms with Gasteiger partial charge in [-0.2, -0.15) is 0 Å². The minimum atomic E-state index is -1.22. The Hall–Kier alpha value is 0.884. The van der Waals surface area contributed by atoms with Gasteiger partial charge < -0.3 is 20.6 Å². The van der Waals surface area contributed by atoms with E-state index in [-0.39, 0.29) is 0 Å². The van der Waals surface area contributed by atoms with Crippen LogP contribution in [0.1, 0.15) is 0 Å². The maximum Gasteiger partial charge on any atom is 0.362 e. The SMILES string of the molecule is C[Si]1O[Si](C)O[Si](C)O[Si](C)O[Si](C)O1. The van der Waals surface area contributed by atoms with Gasteiger partial charge in [0.15, 0.2) is 0 Å².